The molecule has 0 bridgehead atoms. The highest BCUT2D eigenvalue weighted by Crippen LogP contribution is 2.46. The van der Waals surface area contributed by atoms with Crippen LogP contribution in [0.15, 0.2) is 48.6 Å². The van der Waals surface area contributed by atoms with Gasteiger partial charge < -0.3 is 38.6 Å². The van der Waals surface area contributed by atoms with Gasteiger partial charge in [-0.3, -0.25) is 18.9 Å². The molecule has 6 rings (SSSR count). The van der Waals surface area contributed by atoms with Gasteiger partial charge in [0, 0.05) is 49.0 Å². The lowest BCUT2D eigenvalue weighted by atomic mass is 9.91. The van der Waals surface area contributed by atoms with Gasteiger partial charge in [-0.15, -0.1) is 0 Å². The number of nitrogens with zero attached hydrogens (tertiary/aromatic N) is 2. The van der Waals surface area contributed by atoms with E-state index in [4.69, 9.17) is 18.9 Å². The quantitative estimate of drug-likeness (QED) is 0.127. The molecule has 3 unspecified atom stereocenters. The summed E-state index contributed by atoms with van der Waals surface area (Å²) in [5.74, 6) is 0.781. The van der Waals surface area contributed by atoms with E-state index in [1.165, 1.54) is 25.2 Å². The highest BCUT2D eigenvalue weighted by Gasteiger charge is 2.46. The van der Waals surface area contributed by atoms with Gasteiger partial charge in [0.25, 0.3) is 21.9 Å². The number of hydrogen-bond acceptors (Lipinski definition) is 10. The summed E-state index contributed by atoms with van der Waals surface area (Å²) in [6.45, 7) is 12.8. The van der Waals surface area contributed by atoms with E-state index in [0.29, 0.717) is 54.0 Å². The second-order valence-corrected chi connectivity index (χ2v) is 20.7. The minimum Gasteiger partial charge on any atom is -0.493 e. The van der Waals surface area contributed by atoms with Gasteiger partial charge in [-0.25, -0.2) is 0 Å². The maximum atomic E-state index is 14.5. The highest BCUT2D eigenvalue weighted by atomic mass is 32.2. The molecule has 57 heavy (non-hydrogen) atoms. The van der Waals surface area contributed by atoms with E-state index in [1.54, 1.807) is 12.1 Å². The fraction of sp³-hybridized carbons (Fsp3) is 0.537. The van der Waals surface area contributed by atoms with Crippen LogP contribution >= 0.6 is 7.14 Å². The van der Waals surface area contributed by atoms with Crippen LogP contribution in [0.2, 0.25) is 0 Å². The topological polar surface area (TPSA) is 178 Å². The molecule has 2 fully saturated rings. The fourth-order valence-electron chi connectivity index (χ4n) is 8.45. The number of methoxy groups -OCH3 is 2. The molecular formula is C41H54N3O11PS. The first kappa shape index (κ1) is 42.3. The molecule has 16 heteroatoms. The van der Waals surface area contributed by atoms with Crippen molar-refractivity contribution in [1.82, 2.24) is 15.1 Å². The van der Waals surface area contributed by atoms with E-state index in [2.05, 4.69) is 25.4 Å². The molecule has 0 saturated carbocycles. The van der Waals surface area contributed by atoms with Crippen LogP contribution in [0.4, 0.5) is 0 Å². The molecule has 4 aliphatic heterocycles. The zero-order valence-electron chi connectivity index (χ0n) is 33.2. The number of rotatable bonds is 16. The average molecular weight is 828 g/mol. The normalized spacial score (nSPS) is 22.8. The van der Waals surface area contributed by atoms with Crippen LogP contribution in [-0.2, 0) is 32.3 Å². The zero-order chi connectivity index (χ0) is 41.2. The Balaban J connectivity index is 1.19. The van der Waals surface area contributed by atoms with Crippen molar-refractivity contribution in [1.29, 1.82) is 0 Å². The minimum atomic E-state index is -4.55. The standard InChI is InChI=1S/C41H54N3O11PS/c1-7-8-9-39(45)42-24-56(48,12-10-54-36-17-28-16-27(4)32-14-25(2)22-43(32)40(46)30(28)20-34(36)52-5)13-11-55-37-18-29-19-38(57(49,50)51)33-15-26(3)23-44(33)41(47)31(29)21-35(37)53-6/h17-18,20-21,27,32-33,38H,2-3,7-16,19,22-24H2,1,4-6H3,(H,42,45)(H,49,50,51)/t27?,32-,33-,38?,56?/m0/s1. The van der Waals surface area contributed by atoms with E-state index in [0.717, 1.165) is 24.0 Å². The van der Waals surface area contributed by atoms with E-state index in [1.807, 2.05) is 17.9 Å². The number of unbranched alkanes of at least 4 members (excludes halogenated alkanes) is 1. The monoisotopic (exact) mass is 827 g/mol. The van der Waals surface area contributed by atoms with Crippen molar-refractivity contribution < 1.29 is 50.9 Å². The summed E-state index contributed by atoms with van der Waals surface area (Å²) in [7, 11) is -4.83. The molecular weight excluding hydrogens is 774 g/mol. The molecule has 14 nitrogen and oxygen atoms in total. The number of hydrogen-bond donors (Lipinski definition) is 2. The number of nitrogens with one attached hydrogen (secondary N) is 1. The molecule has 310 valence electrons. The van der Waals surface area contributed by atoms with Gasteiger partial charge in [0.2, 0.25) is 5.91 Å². The van der Waals surface area contributed by atoms with Gasteiger partial charge in [-0.2, -0.15) is 8.42 Å². The number of benzene rings is 2. The van der Waals surface area contributed by atoms with E-state index in [9.17, 15) is 31.9 Å². The molecule has 2 saturated heterocycles. The Labute approximate surface area is 335 Å². The zero-order valence-corrected chi connectivity index (χ0v) is 34.9. The van der Waals surface area contributed by atoms with Crippen molar-refractivity contribution in [3.8, 4) is 23.0 Å². The van der Waals surface area contributed by atoms with Gasteiger partial charge in [0.05, 0.1) is 39.8 Å². The molecule has 5 atom stereocenters. The number of amides is 3. The van der Waals surface area contributed by atoms with Gasteiger partial charge in [0.1, 0.15) is 12.4 Å². The second kappa shape index (κ2) is 17.3. The van der Waals surface area contributed by atoms with Crippen LogP contribution in [0.25, 0.3) is 0 Å². The third-order valence-corrected chi connectivity index (χ3v) is 15.6. The summed E-state index contributed by atoms with van der Waals surface area (Å²) in [5, 5.41) is 1.57. The number of ether oxygens (including phenoxy) is 4. The van der Waals surface area contributed by atoms with Crippen LogP contribution in [-0.4, -0.2) is 117 Å². The summed E-state index contributed by atoms with van der Waals surface area (Å²) >= 11 is 0. The number of carbonyl (C=O) groups excluding carboxylic acids is 3. The van der Waals surface area contributed by atoms with Crippen molar-refractivity contribution in [2.75, 3.05) is 59.1 Å². The molecule has 0 aliphatic carbocycles. The summed E-state index contributed by atoms with van der Waals surface area (Å²) in [6, 6.07) is 5.90. The van der Waals surface area contributed by atoms with E-state index >= 15 is 0 Å². The lowest BCUT2D eigenvalue weighted by molar-refractivity contribution is -0.120. The Kier molecular flexibility index (Phi) is 12.8. The van der Waals surface area contributed by atoms with Crippen molar-refractivity contribution in [2.45, 2.75) is 76.1 Å². The largest absolute Gasteiger partial charge is 0.493 e. The van der Waals surface area contributed by atoms with Crippen LogP contribution in [0, 0.1) is 5.92 Å². The summed E-state index contributed by atoms with van der Waals surface area (Å²) < 4.78 is 73.5. The third-order valence-electron chi connectivity index (χ3n) is 11.6. The molecule has 4 aliphatic rings. The first-order chi connectivity index (χ1) is 27.0. The van der Waals surface area contributed by atoms with Crippen LogP contribution in [0.5, 0.6) is 23.0 Å². The van der Waals surface area contributed by atoms with Gasteiger partial charge >= 0.3 is 0 Å². The Morgan fingerprint density at radius 3 is 1.86 bits per heavy atom. The molecule has 0 spiro atoms. The summed E-state index contributed by atoms with van der Waals surface area (Å²) in [6.07, 6.45) is 3.46. The van der Waals surface area contributed by atoms with Gasteiger partial charge in [0.15, 0.2) is 23.0 Å². The van der Waals surface area contributed by atoms with Crippen LogP contribution < -0.4 is 24.3 Å². The Hall–Kier alpha value is -4.33. The smallest absolute Gasteiger partial charge is 0.270 e. The molecule has 3 amide bonds. The average Bonchev–Trinajstić information content (AvgIpc) is 3.71. The van der Waals surface area contributed by atoms with Gasteiger partial charge in [-0.05, 0) is 73.4 Å². The van der Waals surface area contributed by atoms with Crippen molar-refractivity contribution in [2.24, 2.45) is 5.92 Å². The minimum absolute atomic E-state index is 0.0285. The van der Waals surface area contributed by atoms with E-state index < -0.39 is 34.5 Å². The van der Waals surface area contributed by atoms with E-state index in [-0.39, 0.29) is 92.0 Å². The van der Waals surface area contributed by atoms with Crippen LogP contribution in [0.3, 0.4) is 0 Å². The lowest BCUT2D eigenvalue weighted by Gasteiger charge is -2.26. The Morgan fingerprint density at radius 2 is 1.35 bits per heavy atom. The Morgan fingerprint density at radius 1 is 0.842 bits per heavy atom. The van der Waals surface area contributed by atoms with Crippen molar-refractivity contribution >= 4 is 35.0 Å². The highest BCUT2D eigenvalue weighted by molar-refractivity contribution is 7.86. The Bertz CT molecular complexity index is 2100. The SMILES string of the molecule is C=C1C[C@H]2C(C)Cc3cc(OCCP(=O)(CCOc4cc5c(cc4OC)C(=O)N4CC(=C)C[C@H]4C(S(=O)(=O)O)C5)CNC(=O)CCCC)c(OC)cc3C(=O)N2C1. The molecule has 2 N–H and O–H groups in total. The van der Waals surface area contributed by atoms with Gasteiger partial charge in [-0.1, -0.05) is 44.6 Å². The lowest BCUT2D eigenvalue weighted by Crippen LogP contribution is -2.44. The van der Waals surface area contributed by atoms with Crippen LogP contribution in [0.1, 0.15) is 77.8 Å². The fourth-order valence-corrected chi connectivity index (χ4v) is 11.3. The third kappa shape index (κ3) is 9.21. The van der Waals surface area contributed by atoms with Crippen molar-refractivity contribution in [3.63, 3.8) is 0 Å². The summed E-state index contributed by atoms with van der Waals surface area (Å²) in [5.41, 5.74) is 3.77. The molecule has 2 aromatic rings. The molecule has 0 radical (unpaired) electrons. The maximum Gasteiger partial charge on any atom is 0.270 e. The summed E-state index contributed by atoms with van der Waals surface area (Å²) in [4.78, 5) is 43.2. The maximum absolute atomic E-state index is 14.5. The predicted molar refractivity (Wildman–Crippen MR) is 216 cm³/mol. The first-order valence-electron chi connectivity index (χ1n) is 19.5. The number of fused-ring (bicyclic) bond motifs is 4. The molecule has 4 heterocycles. The first-order valence-corrected chi connectivity index (χ1v) is 23.2. The predicted octanol–water partition coefficient (Wildman–Crippen LogP) is 5.33. The second-order valence-electron chi connectivity index (χ2n) is 15.7. The number of carbonyl (C=O) groups is 3. The van der Waals surface area contributed by atoms with Crippen molar-refractivity contribution in [3.05, 3.63) is 70.8 Å². The molecule has 0 aromatic heterocycles. The molecule has 2 aromatic carbocycles.